The molecule has 2 aliphatic heterocycles. The monoisotopic (exact) mass is 510 g/mol. The Kier molecular flexibility index (Phi) is 6.47. The molecule has 6 nitrogen and oxygen atoms in total. The van der Waals surface area contributed by atoms with Gasteiger partial charge in [-0.05, 0) is 60.6 Å². The predicted molar refractivity (Wildman–Crippen MR) is 135 cm³/mol. The first-order chi connectivity index (χ1) is 17.7. The molecular weight excluding hydrogens is 481 g/mol. The second-order valence-electron chi connectivity index (χ2n) is 9.98. The van der Waals surface area contributed by atoms with Crippen LogP contribution in [0.25, 0.3) is 11.8 Å². The van der Waals surface area contributed by atoms with Crippen molar-refractivity contribution in [1.82, 2.24) is 14.5 Å². The van der Waals surface area contributed by atoms with Crippen molar-refractivity contribution in [2.75, 3.05) is 20.3 Å². The number of rotatable bonds is 5. The SMILES string of the molecule is CCC1(C)C/C(=C\c2ccc(-n3cnc(C)c3)c(OC)c2)C2=NOCC(c3ccc(F)c(F)c3F)N2C1. The molecule has 37 heavy (non-hydrogen) atoms. The van der Waals surface area contributed by atoms with Gasteiger partial charge < -0.3 is 19.0 Å². The smallest absolute Gasteiger partial charge is 0.194 e. The first-order valence-corrected chi connectivity index (χ1v) is 12.2. The summed E-state index contributed by atoms with van der Waals surface area (Å²) >= 11 is 0. The lowest BCUT2D eigenvalue weighted by atomic mass is 9.75. The van der Waals surface area contributed by atoms with Gasteiger partial charge in [-0.1, -0.05) is 31.1 Å². The highest BCUT2D eigenvalue weighted by atomic mass is 19.2. The lowest BCUT2D eigenvalue weighted by Gasteiger charge is -2.47. The maximum Gasteiger partial charge on any atom is 0.194 e. The maximum absolute atomic E-state index is 14.8. The van der Waals surface area contributed by atoms with Crippen LogP contribution in [0.3, 0.4) is 0 Å². The van der Waals surface area contributed by atoms with Crippen molar-refractivity contribution >= 4 is 11.9 Å². The zero-order chi connectivity index (χ0) is 26.3. The van der Waals surface area contributed by atoms with E-state index in [2.05, 4.69) is 24.0 Å². The zero-order valence-electron chi connectivity index (χ0n) is 21.3. The van der Waals surface area contributed by atoms with E-state index in [0.29, 0.717) is 18.1 Å². The molecule has 9 heteroatoms. The zero-order valence-corrected chi connectivity index (χ0v) is 21.3. The molecule has 0 spiro atoms. The third-order valence-electron chi connectivity index (χ3n) is 7.30. The molecule has 5 rings (SSSR count). The molecule has 0 aliphatic carbocycles. The largest absolute Gasteiger partial charge is 0.495 e. The molecule has 3 heterocycles. The molecule has 194 valence electrons. The predicted octanol–water partition coefficient (Wildman–Crippen LogP) is 6.20. The lowest BCUT2D eigenvalue weighted by molar-refractivity contribution is 0.0351. The minimum Gasteiger partial charge on any atom is -0.495 e. The summed E-state index contributed by atoms with van der Waals surface area (Å²) in [6.45, 7) is 6.81. The Morgan fingerprint density at radius 1 is 1.19 bits per heavy atom. The number of imidazole rings is 1. The summed E-state index contributed by atoms with van der Waals surface area (Å²) < 4.78 is 50.1. The molecule has 0 amide bonds. The van der Waals surface area contributed by atoms with Crippen LogP contribution in [-0.4, -0.2) is 40.5 Å². The van der Waals surface area contributed by atoms with Gasteiger partial charge in [0.15, 0.2) is 23.3 Å². The Morgan fingerprint density at radius 2 is 2.00 bits per heavy atom. The Hall–Kier alpha value is -3.75. The van der Waals surface area contributed by atoms with Crippen LogP contribution in [0.15, 0.2) is 53.6 Å². The number of aromatic nitrogens is 2. The van der Waals surface area contributed by atoms with E-state index in [4.69, 9.17) is 9.57 Å². The number of amidine groups is 1. The molecule has 0 saturated carbocycles. The van der Waals surface area contributed by atoms with Crippen molar-refractivity contribution in [1.29, 1.82) is 0 Å². The van der Waals surface area contributed by atoms with Gasteiger partial charge in [0.25, 0.3) is 0 Å². The molecule has 1 fully saturated rings. The van der Waals surface area contributed by atoms with Gasteiger partial charge >= 0.3 is 0 Å². The highest BCUT2D eigenvalue weighted by Crippen LogP contribution is 2.43. The van der Waals surface area contributed by atoms with Crippen LogP contribution in [0.5, 0.6) is 5.75 Å². The summed E-state index contributed by atoms with van der Waals surface area (Å²) in [6.07, 6.45) is 7.28. The van der Waals surface area contributed by atoms with E-state index in [0.717, 1.165) is 41.4 Å². The highest BCUT2D eigenvalue weighted by molar-refractivity contribution is 6.03. The van der Waals surface area contributed by atoms with Crippen LogP contribution in [-0.2, 0) is 4.84 Å². The third kappa shape index (κ3) is 4.58. The summed E-state index contributed by atoms with van der Waals surface area (Å²) in [5.41, 5.74) is 3.48. The Bertz CT molecular complexity index is 1400. The first-order valence-electron chi connectivity index (χ1n) is 12.2. The van der Waals surface area contributed by atoms with Crippen LogP contribution in [0.2, 0.25) is 0 Å². The molecule has 2 aromatic carbocycles. The van der Waals surface area contributed by atoms with E-state index in [1.54, 1.807) is 13.4 Å². The van der Waals surface area contributed by atoms with Crippen molar-refractivity contribution in [3.8, 4) is 11.4 Å². The minimum atomic E-state index is -1.48. The number of nitrogens with zero attached hydrogens (tertiary/aromatic N) is 4. The average Bonchev–Trinajstić information content (AvgIpc) is 3.33. The van der Waals surface area contributed by atoms with E-state index >= 15 is 0 Å². The van der Waals surface area contributed by atoms with Gasteiger partial charge in [0.05, 0.1) is 30.9 Å². The minimum absolute atomic E-state index is 0.0331. The number of benzene rings is 2. The van der Waals surface area contributed by atoms with E-state index in [9.17, 15) is 13.2 Å². The van der Waals surface area contributed by atoms with Gasteiger partial charge in [-0.2, -0.15) is 0 Å². The molecule has 1 aromatic heterocycles. The molecule has 2 atom stereocenters. The number of hydrogen-bond acceptors (Lipinski definition) is 5. The molecule has 0 bridgehead atoms. The van der Waals surface area contributed by atoms with Crippen molar-refractivity contribution in [2.24, 2.45) is 10.6 Å². The number of halogens is 3. The number of piperidine rings is 1. The Labute approximate surface area is 214 Å². The highest BCUT2D eigenvalue weighted by Gasteiger charge is 2.42. The topological polar surface area (TPSA) is 51.9 Å². The summed E-state index contributed by atoms with van der Waals surface area (Å²) in [4.78, 5) is 11.8. The first kappa shape index (κ1) is 24.9. The molecular formula is C28H29F3N4O2. The van der Waals surface area contributed by atoms with Crippen LogP contribution in [0.1, 0.15) is 49.6 Å². The number of fused-ring (bicyclic) bond motifs is 1. The number of aryl methyl sites for hydroxylation is 1. The van der Waals surface area contributed by atoms with Gasteiger partial charge in [0.2, 0.25) is 0 Å². The fraction of sp³-hybridized carbons (Fsp3) is 0.357. The van der Waals surface area contributed by atoms with Crippen LogP contribution >= 0.6 is 0 Å². The van der Waals surface area contributed by atoms with Crippen molar-refractivity contribution in [2.45, 2.75) is 39.7 Å². The number of ether oxygens (including phenoxy) is 1. The third-order valence-corrected chi connectivity index (χ3v) is 7.30. The molecule has 3 aromatic rings. The second kappa shape index (κ2) is 9.61. The maximum atomic E-state index is 14.8. The summed E-state index contributed by atoms with van der Waals surface area (Å²) in [5.74, 6) is -2.64. The standard InChI is InChI=1S/C28H29F3N4O2/c1-5-28(3)12-19(10-18-6-9-22(24(11-18)36-4)34-13-17(2)32-16-34)27-33-37-14-23(35(27)15-28)20-7-8-21(29)26(31)25(20)30/h6-11,13,16,23H,5,12,14-15H2,1-4H3/b19-10+. The van der Waals surface area contributed by atoms with Crippen molar-refractivity contribution < 1.29 is 22.7 Å². The number of methoxy groups -OCH3 is 1. The van der Waals surface area contributed by atoms with Crippen LogP contribution < -0.4 is 4.74 Å². The second-order valence-corrected chi connectivity index (χ2v) is 9.98. The number of oxime groups is 1. The van der Waals surface area contributed by atoms with Crippen LogP contribution in [0.4, 0.5) is 13.2 Å². The van der Waals surface area contributed by atoms with Crippen molar-refractivity contribution in [3.63, 3.8) is 0 Å². The van der Waals surface area contributed by atoms with E-state index in [1.807, 2.05) is 46.9 Å². The summed E-state index contributed by atoms with van der Waals surface area (Å²) in [6, 6.07) is 7.49. The fourth-order valence-corrected chi connectivity index (χ4v) is 5.05. The average molecular weight is 511 g/mol. The van der Waals surface area contributed by atoms with Crippen LogP contribution in [0, 0.1) is 29.8 Å². The van der Waals surface area contributed by atoms with Gasteiger partial charge in [-0.3, -0.25) is 0 Å². The van der Waals surface area contributed by atoms with E-state index < -0.39 is 23.5 Å². The molecule has 0 N–H and O–H groups in total. The van der Waals surface area contributed by atoms with Gasteiger partial charge in [-0.15, -0.1) is 0 Å². The normalized spacial score (nSPS) is 22.5. The van der Waals surface area contributed by atoms with Gasteiger partial charge in [0.1, 0.15) is 12.4 Å². The van der Waals surface area contributed by atoms with Gasteiger partial charge in [0, 0.05) is 18.3 Å². The molecule has 1 saturated heterocycles. The molecule has 0 radical (unpaired) electrons. The van der Waals surface area contributed by atoms with Gasteiger partial charge in [-0.25, -0.2) is 18.2 Å². The van der Waals surface area contributed by atoms with E-state index in [-0.39, 0.29) is 17.6 Å². The van der Waals surface area contributed by atoms with E-state index in [1.165, 1.54) is 6.07 Å². The summed E-state index contributed by atoms with van der Waals surface area (Å²) in [5, 5.41) is 4.33. The molecule has 2 aliphatic rings. The Morgan fingerprint density at radius 3 is 2.70 bits per heavy atom. The van der Waals surface area contributed by atoms with Crippen molar-refractivity contribution in [3.05, 3.63) is 82.7 Å². The quantitative estimate of drug-likeness (QED) is 0.384. The Balaban J connectivity index is 1.55. The fourth-order valence-electron chi connectivity index (χ4n) is 5.05. The number of hydrogen-bond donors (Lipinski definition) is 0. The summed E-state index contributed by atoms with van der Waals surface area (Å²) in [7, 11) is 1.62. The molecule has 2 unspecified atom stereocenters. The lowest BCUT2D eigenvalue weighted by Crippen LogP contribution is -2.51.